The number of hydrogen-bond donors (Lipinski definition) is 3. The van der Waals surface area contributed by atoms with E-state index in [0.29, 0.717) is 22.3 Å². The second-order valence-corrected chi connectivity index (χ2v) is 8.87. The summed E-state index contributed by atoms with van der Waals surface area (Å²) in [6, 6.07) is 16.0. The Labute approximate surface area is 201 Å². The van der Waals surface area contributed by atoms with E-state index in [-0.39, 0.29) is 11.1 Å². The summed E-state index contributed by atoms with van der Waals surface area (Å²) in [6.45, 7) is 5.01. The van der Waals surface area contributed by atoms with E-state index < -0.39 is 29.1 Å². The predicted octanol–water partition coefficient (Wildman–Crippen LogP) is 4.62. The van der Waals surface area contributed by atoms with E-state index in [0.717, 1.165) is 4.73 Å². The fourth-order valence-corrected chi connectivity index (χ4v) is 3.33. The van der Waals surface area contributed by atoms with Gasteiger partial charge in [0, 0.05) is 22.8 Å². The number of nitrogens with one attached hydrogen (secondary N) is 2. The van der Waals surface area contributed by atoms with Crippen LogP contribution in [0.4, 0.5) is 16.2 Å². The van der Waals surface area contributed by atoms with Crippen molar-refractivity contribution >= 4 is 40.1 Å². The summed E-state index contributed by atoms with van der Waals surface area (Å²) in [6.07, 6.45) is 3.09. The van der Waals surface area contributed by atoms with Gasteiger partial charge in [-0.1, -0.05) is 30.3 Å². The summed E-state index contributed by atoms with van der Waals surface area (Å²) in [7, 11) is 0. The molecule has 0 fully saturated rings. The largest absolute Gasteiger partial charge is 0.492 e. The van der Waals surface area contributed by atoms with E-state index in [1.165, 1.54) is 12.3 Å². The van der Waals surface area contributed by atoms with Gasteiger partial charge in [-0.3, -0.25) is 9.78 Å². The Morgan fingerprint density at radius 2 is 1.66 bits per heavy atom. The standard InChI is InChI=1S/C26H24N4O5/c1-26(2,3)24(33)35-30-20-14-17(28-25(34)29-18-10-7-13-27-15-18)11-12-19(20)21(23(30)32)22(31)16-8-5-4-6-9-16/h4-15,32H,1-3H3,(H2,28,29,34). The molecule has 0 aliphatic heterocycles. The molecule has 0 aliphatic rings. The number of amides is 2. The first-order valence-electron chi connectivity index (χ1n) is 10.8. The third-order valence-electron chi connectivity index (χ3n) is 5.13. The van der Waals surface area contributed by atoms with Crippen LogP contribution in [0.1, 0.15) is 36.7 Å². The highest BCUT2D eigenvalue weighted by molar-refractivity contribution is 6.18. The van der Waals surface area contributed by atoms with Gasteiger partial charge in [-0.15, -0.1) is 4.73 Å². The zero-order valence-electron chi connectivity index (χ0n) is 19.4. The highest BCUT2D eigenvalue weighted by Crippen LogP contribution is 2.34. The zero-order valence-corrected chi connectivity index (χ0v) is 19.4. The van der Waals surface area contributed by atoms with Gasteiger partial charge in [0.1, 0.15) is 0 Å². The molecule has 2 aromatic carbocycles. The van der Waals surface area contributed by atoms with E-state index in [9.17, 15) is 19.5 Å². The van der Waals surface area contributed by atoms with Gasteiger partial charge in [-0.25, -0.2) is 9.59 Å². The molecule has 3 N–H and O–H groups in total. The van der Waals surface area contributed by atoms with E-state index in [2.05, 4.69) is 15.6 Å². The van der Waals surface area contributed by atoms with Crippen LogP contribution in [0.15, 0.2) is 73.1 Å². The van der Waals surface area contributed by atoms with Gasteiger partial charge in [-0.2, -0.15) is 0 Å². The van der Waals surface area contributed by atoms with Crippen LogP contribution in [-0.4, -0.2) is 32.6 Å². The van der Waals surface area contributed by atoms with Crippen LogP contribution in [0.25, 0.3) is 10.9 Å². The number of rotatable bonds is 5. The number of fused-ring (bicyclic) bond motifs is 1. The van der Waals surface area contributed by atoms with Gasteiger partial charge in [-0.05, 0) is 51.1 Å². The molecule has 0 bridgehead atoms. The van der Waals surface area contributed by atoms with Crippen LogP contribution in [0.3, 0.4) is 0 Å². The van der Waals surface area contributed by atoms with E-state index in [1.54, 1.807) is 81.6 Å². The minimum atomic E-state index is -0.869. The predicted molar refractivity (Wildman–Crippen MR) is 131 cm³/mol. The number of hydrogen-bond acceptors (Lipinski definition) is 6. The molecule has 0 atom stereocenters. The van der Waals surface area contributed by atoms with Crippen molar-refractivity contribution in [1.82, 2.24) is 9.71 Å². The van der Waals surface area contributed by atoms with E-state index in [1.807, 2.05) is 0 Å². The molecule has 9 nitrogen and oxygen atoms in total. The molecular formula is C26H24N4O5. The van der Waals surface area contributed by atoms with Crippen LogP contribution < -0.4 is 15.5 Å². The number of ketones is 1. The molecular weight excluding hydrogens is 448 g/mol. The Balaban J connectivity index is 1.75. The van der Waals surface area contributed by atoms with Crippen LogP contribution in [-0.2, 0) is 4.79 Å². The molecule has 0 unspecified atom stereocenters. The number of aromatic nitrogens is 2. The lowest BCUT2D eigenvalue weighted by Crippen LogP contribution is -2.31. The van der Waals surface area contributed by atoms with Crippen LogP contribution in [0.2, 0.25) is 0 Å². The molecule has 0 spiro atoms. The van der Waals surface area contributed by atoms with Gasteiger partial charge < -0.3 is 20.6 Å². The molecule has 2 aromatic heterocycles. The molecule has 35 heavy (non-hydrogen) atoms. The molecule has 0 aliphatic carbocycles. The maximum Gasteiger partial charge on any atom is 0.338 e. The monoisotopic (exact) mass is 472 g/mol. The zero-order chi connectivity index (χ0) is 25.2. The van der Waals surface area contributed by atoms with Gasteiger partial charge in [0.15, 0.2) is 5.78 Å². The van der Waals surface area contributed by atoms with Crippen LogP contribution in [0, 0.1) is 5.41 Å². The summed E-state index contributed by atoms with van der Waals surface area (Å²) in [5, 5.41) is 16.7. The normalized spacial score (nSPS) is 11.2. The Morgan fingerprint density at radius 1 is 0.943 bits per heavy atom. The fourth-order valence-electron chi connectivity index (χ4n) is 3.33. The van der Waals surface area contributed by atoms with E-state index >= 15 is 0 Å². The number of aromatic hydroxyl groups is 1. The third-order valence-corrected chi connectivity index (χ3v) is 5.13. The van der Waals surface area contributed by atoms with Crippen LogP contribution in [0.5, 0.6) is 5.88 Å². The number of anilines is 2. The lowest BCUT2D eigenvalue weighted by atomic mass is 9.98. The van der Waals surface area contributed by atoms with Gasteiger partial charge >= 0.3 is 12.0 Å². The number of urea groups is 1. The Bertz CT molecular complexity index is 1410. The van der Waals surface area contributed by atoms with Crippen molar-refractivity contribution < 1.29 is 24.3 Å². The molecule has 0 saturated carbocycles. The third kappa shape index (κ3) is 4.98. The first-order valence-corrected chi connectivity index (χ1v) is 10.8. The smallest absolute Gasteiger partial charge is 0.338 e. The Hall–Kier alpha value is -4.66. The first-order chi connectivity index (χ1) is 16.6. The number of benzene rings is 2. The first kappa shape index (κ1) is 23.5. The van der Waals surface area contributed by atoms with Crippen molar-refractivity contribution in [3.05, 3.63) is 84.2 Å². The molecule has 178 valence electrons. The van der Waals surface area contributed by atoms with Gasteiger partial charge in [0.2, 0.25) is 5.88 Å². The topological polar surface area (TPSA) is 123 Å². The summed E-state index contributed by atoms with van der Waals surface area (Å²) in [5.41, 5.74) is 0.566. The minimum Gasteiger partial charge on any atom is -0.492 e. The quantitative estimate of drug-likeness (QED) is 0.364. The van der Waals surface area contributed by atoms with Crippen molar-refractivity contribution in [3.63, 3.8) is 0 Å². The number of carbonyl (C=O) groups excluding carboxylic acids is 3. The number of pyridine rings is 1. The maximum atomic E-state index is 13.2. The van der Waals surface area contributed by atoms with Crippen LogP contribution >= 0.6 is 0 Å². The van der Waals surface area contributed by atoms with Crippen molar-refractivity contribution in [2.45, 2.75) is 20.8 Å². The summed E-state index contributed by atoms with van der Waals surface area (Å²) >= 11 is 0. The minimum absolute atomic E-state index is 0.0146. The molecule has 2 heterocycles. The SMILES string of the molecule is CC(C)(C)C(=O)On1c(O)c(C(=O)c2ccccc2)c2ccc(NC(=O)Nc3cccnc3)cc21. The second-order valence-electron chi connectivity index (χ2n) is 8.87. The lowest BCUT2D eigenvalue weighted by Gasteiger charge is -2.17. The highest BCUT2D eigenvalue weighted by atomic mass is 16.7. The van der Waals surface area contributed by atoms with E-state index in [4.69, 9.17) is 4.84 Å². The molecule has 4 aromatic rings. The fraction of sp³-hybridized carbons (Fsp3) is 0.154. The number of carbonyl (C=O) groups is 3. The maximum absolute atomic E-state index is 13.2. The van der Waals surface area contributed by atoms with Crippen molar-refractivity contribution in [3.8, 4) is 5.88 Å². The average Bonchev–Trinajstić information content (AvgIpc) is 3.09. The van der Waals surface area contributed by atoms with Gasteiger partial charge in [0.05, 0.1) is 28.4 Å². The highest BCUT2D eigenvalue weighted by Gasteiger charge is 2.30. The number of nitrogens with zero attached hydrogens (tertiary/aromatic N) is 2. The summed E-state index contributed by atoms with van der Waals surface area (Å²) in [4.78, 5) is 47.7. The Morgan fingerprint density at radius 3 is 2.31 bits per heavy atom. The molecule has 2 amide bonds. The van der Waals surface area contributed by atoms with Crippen molar-refractivity contribution in [2.24, 2.45) is 5.41 Å². The van der Waals surface area contributed by atoms with Crippen molar-refractivity contribution in [1.29, 1.82) is 0 Å². The molecule has 0 saturated heterocycles. The summed E-state index contributed by atoms with van der Waals surface area (Å²) < 4.78 is 0.920. The van der Waals surface area contributed by atoms with Crippen molar-refractivity contribution in [2.75, 3.05) is 10.6 Å². The lowest BCUT2D eigenvalue weighted by molar-refractivity contribution is -0.153. The second kappa shape index (κ2) is 9.30. The average molecular weight is 473 g/mol. The molecule has 0 radical (unpaired) electrons. The van der Waals surface area contributed by atoms with Gasteiger partial charge in [0.25, 0.3) is 0 Å². The Kier molecular flexibility index (Phi) is 6.24. The summed E-state index contributed by atoms with van der Waals surface area (Å²) in [5.74, 6) is -1.56. The molecule has 9 heteroatoms. The molecule has 4 rings (SSSR count).